The smallest absolute Gasteiger partial charge is 0.343 e. The summed E-state index contributed by atoms with van der Waals surface area (Å²) >= 11 is 0. The van der Waals surface area contributed by atoms with Gasteiger partial charge in [-0.15, -0.1) is 0 Å². The van der Waals surface area contributed by atoms with Gasteiger partial charge in [0.1, 0.15) is 25.4 Å². The first-order valence-electron chi connectivity index (χ1n) is 12.6. The van der Waals surface area contributed by atoms with Gasteiger partial charge in [-0.3, -0.25) is 0 Å². The Bertz CT molecular complexity index is 1100. The number of ether oxygens (including phenoxy) is 2. The second kappa shape index (κ2) is 10.2. The van der Waals surface area contributed by atoms with E-state index in [1.165, 1.54) is 0 Å². The molecule has 2 atom stereocenters. The van der Waals surface area contributed by atoms with Crippen molar-refractivity contribution in [3.63, 3.8) is 0 Å². The van der Waals surface area contributed by atoms with Gasteiger partial charge in [-0.1, -0.05) is 78.9 Å². The Labute approximate surface area is 207 Å². The largest absolute Gasteiger partial charge is 0.488 e. The van der Waals surface area contributed by atoms with Crippen molar-refractivity contribution in [2.45, 2.75) is 31.0 Å². The second-order valence-corrected chi connectivity index (χ2v) is 10.0. The van der Waals surface area contributed by atoms with Crippen LogP contribution in [0, 0.1) is 5.92 Å². The molecule has 3 aliphatic rings. The van der Waals surface area contributed by atoms with E-state index in [-0.39, 0.29) is 12.5 Å². The molecule has 3 aliphatic heterocycles. The third-order valence-corrected chi connectivity index (χ3v) is 7.77. The van der Waals surface area contributed by atoms with E-state index >= 15 is 0 Å². The number of carbonyl (C=O) groups is 1. The lowest BCUT2D eigenvalue weighted by atomic mass is 9.82. The number of rotatable bonds is 9. The number of nitrogens with zero attached hydrogens (tertiary/aromatic N) is 1. The third-order valence-electron chi connectivity index (χ3n) is 7.77. The summed E-state index contributed by atoms with van der Waals surface area (Å²) in [5.74, 6) is 0.685. The van der Waals surface area contributed by atoms with Crippen molar-refractivity contribution in [3.8, 4) is 5.75 Å². The SMILES string of the molecule is O=C(O[C@H]1C[N+]2(CCOc3ccccc3)CCC1CC2)C(O)(Cc1ccccc1)c1ccccc1. The summed E-state index contributed by atoms with van der Waals surface area (Å²) in [5.41, 5.74) is -0.267. The fourth-order valence-electron chi connectivity index (χ4n) is 5.68. The predicted octanol–water partition coefficient (Wildman–Crippen LogP) is 4.35. The summed E-state index contributed by atoms with van der Waals surface area (Å²) in [6, 6.07) is 28.7. The number of esters is 1. The molecule has 0 aromatic heterocycles. The van der Waals surface area contributed by atoms with Gasteiger partial charge in [0, 0.05) is 25.2 Å². The lowest BCUT2D eigenvalue weighted by molar-refractivity contribution is -0.946. The van der Waals surface area contributed by atoms with Crippen LogP contribution < -0.4 is 4.74 Å². The Hall–Kier alpha value is -3.15. The van der Waals surface area contributed by atoms with Crippen LogP contribution in [0.2, 0.25) is 0 Å². The van der Waals surface area contributed by atoms with Crippen molar-refractivity contribution < 1.29 is 23.9 Å². The quantitative estimate of drug-likeness (QED) is 0.372. The van der Waals surface area contributed by atoms with E-state index in [1.807, 2.05) is 78.9 Å². The van der Waals surface area contributed by atoms with Crippen LogP contribution in [0.25, 0.3) is 0 Å². The molecule has 1 N–H and O–H groups in total. The molecule has 0 radical (unpaired) electrons. The monoisotopic (exact) mass is 472 g/mol. The zero-order valence-corrected chi connectivity index (χ0v) is 20.1. The zero-order valence-electron chi connectivity index (χ0n) is 20.1. The molecular weight excluding hydrogens is 438 g/mol. The topological polar surface area (TPSA) is 55.8 Å². The van der Waals surface area contributed by atoms with Gasteiger partial charge >= 0.3 is 5.97 Å². The van der Waals surface area contributed by atoms with E-state index in [1.54, 1.807) is 12.1 Å². The van der Waals surface area contributed by atoms with E-state index in [0.29, 0.717) is 18.1 Å². The molecule has 3 aromatic carbocycles. The van der Waals surface area contributed by atoms with Crippen LogP contribution in [0.15, 0.2) is 91.0 Å². The molecule has 5 heteroatoms. The molecule has 0 saturated carbocycles. The normalized spacial score (nSPS) is 24.9. The van der Waals surface area contributed by atoms with Gasteiger partial charge in [0.2, 0.25) is 0 Å². The van der Waals surface area contributed by atoms with Crippen molar-refractivity contribution in [3.05, 3.63) is 102 Å². The number of aliphatic hydroxyl groups is 1. The Morgan fingerprint density at radius 3 is 2.14 bits per heavy atom. The molecule has 3 aromatic rings. The number of benzene rings is 3. The number of hydrogen-bond donors (Lipinski definition) is 1. The van der Waals surface area contributed by atoms with Crippen molar-refractivity contribution in [2.24, 2.45) is 5.92 Å². The molecule has 0 amide bonds. The Morgan fingerprint density at radius 1 is 0.886 bits per heavy atom. The molecule has 1 unspecified atom stereocenters. The molecule has 35 heavy (non-hydrogen) atoms. The van der Waals surface area contributed by atoms with Gasteiger partial charge in [0.05, 0.1) is 13.1 Å². The molecule has 5 nitrogen and oxygen atoms in total. The Morgan fingerprint density at radius 2 is 1.49 bits per heavy atom. The zero-order chi connectivity index (χ0) is 24.1. The highest BCUT2D eigenvalue weighted by Crippen LogP contribution is 2.37. The maximum atomic E-state index is 13.6. The fourth-order valence-corrected chi connectivity index (χ4v) is 5.68. The van der Waals surface area contributed by atoms with Crippen molar-refractivity contribution >= 4 is 5.97 Å². The van der Waals surface area contributed by atoms with Crippen molar-refractivity contribution in [2.75, 3.05) is 32.8 Å². The standard InChI is InChI=1S/C30H34NO4/c32-29(30(33,26-12-6-2-7-13-26)22-24-10-4-1-5-11-24)35-28-23-31(18-16-25(28)17-19-31)20-21-34-27-14-8-3-9-15-27/h1-15,25,28,33H,16-23H2/q+1/t25?,28-,30?,31?/m0/s1. The maximum Gasteiger partial charge on any atom is 0.343 e. The molecule has 3 saturated heterocycles. The van der Waals surface area contributed by atoms with Crippen LogP contribution in [0.3, 0.4) is 0 Å². The van der Waals surface area contributed by atoms with Gasteiger partial charge in [-0.25, -0.2) is 4.79 Å². The number of quaternary nitrogens is 1. The van der Waals surface area contributed by atoms with E-state index in [2.05, 4.69) is 0 Å². The number of piperidine rings is 3. The molecule has 3 fully saturated rings. The summed E-state index contributed by atoms with van der Waals surface area (Å²) < 4.78 is 13.1. The first-order valence-corrected chi connectivity index (χ1v) is 12.6. The van der Waals surface area contributed by atoms with Crippen LogP contribution in [0.4, 0.5) is 0 Å². The van der Waals surface area contributed by atoms with E-state index < -0.39 is 11.6 Å². The summed E-state index contributed by atoms with van der Waals surface area (Å²) in [6.07, 6.45) is 2.06. The minimum Gasteiger partial charge on any atom is -0.488 e. The van der Waals surface area contributed by atoms with Gasteiger partial charge in [-0.05, 0) is 23.3 Å². The Kier molecular flexibility index (Phi) is 6.89. The van der Waals surface area contributed by atoms with Crippen LogP contribution in [-0.2, 0) is 21.6 Å². The summed E-state index contributed by atoms with van der Waals surface area (Å²) in [4.78, 5) is 13.6. The number of hydrogen-bond acceptors (Lipinski definition) is 4. The summed E-state index contributed by atoms with van der Waals surface area (Å²) in [5, 5.41) is 11.7. The molecular formula is C30H34NO4+. The summed E-state index contributed by atoms with van der Waals surface area (Å²) in [6.45, 7) is 4.48. The average molecular weight is 473 g/mol. The minimum absolute atomic E-state index is 0.180. The minimum atomic E-state index is -1.73. The second-order valence-electron chi connectivity index (χ2n) is 10.0. The van der Waals surface area contributed by atoms with Crippen LogP contribution in [0.1, 0.15) is 24.0 Å². The number of para-hydroxylation sites is 1. The fraction of sp³-hybridized carbons (Fsp3) is 0.367. The van der Waals surface area contributed by atoms with Crippen LogP contribution >= 0.6 is 0 Å². The van der Waals surface area contributed by atoms with Crippen LogP contribution in [-0.4, -0.2) is 54.4 Å². The first-order chi connectivity index (χ1) is 17.1. The van der Waals surface area contributed by atoms with Crippen molar-refractivity contribution in [1.82, 2.24) is 0 Å². The van der Waals surface area contributed by atoms with E-state index in [9.17, 15) is 9.90 Å². The molecule has 0 aliphatic carbocycles. The lowest BCUT2D eigenvalue weighted by Crippen LogP contribution is -2.65. The molecule has 0 spiro atoms. The van der Waals surface area contributed by atoms with E-state index in [0.717, 1.165) is 54.8 Å². The predicted molar refractivity (Wildman–Crippen MR) is 135 cm³/mol. The highest BCUT2D eigenvalue weighted by molar-refractivity contribution is 5.81. The third kappa shape index (κ3) is 5.26. The van der Waals surface area contributed by atoms with Gasteiger partial charge < -0.3 is 19.1 Å². The maximum absolute atomic E-state index is 13.6. The number of carbonyl (C=O) groups excluding carboxylic acids is 1. The van der Waals surface area contributed by atoms with E-state index in [4.69, 9.17) is 9.47 Å². The first kappa shape index (κ1) is 23.6. The molecule has 6 rings (SSSR count). The highest BCUT2D eigenvalue weighted by atomic mass is 16.6. The Balaban J connectivity index is 1.29. The van der Waals surface area contributed by atoms with Crippen LogP contribution in [0.5, 0.6) is 5.75 Å². The molecule has 182 valence electrons. The van der Waals surface area contributed by atoms with Crippen molar-refractivity contribution in [1.29, 1.82) is 0 Å². The van der Waals surface area contributed by atoms with Gasteiger partial charge in [-0.2, -0.15) is 0 Å². The average Bonchev–Trinajstić information content (AvgIpc) is 2.91. The van der Waals surface area contributed by atoms with Gasteiger partial charge in [0.25, 0.3) is 0 Å². The molecule has 3 heterocycles. The highest BCUT2D eigenvalue weighted by Gasteiger charge is 2.50. The van der Waals surface area contributed by atoms with Gasteiger partial charge in [0.15, 0.2) is 11.7 Å². The number of fused-ring (bicyclic) bond motifs is 3. The molecule has 2 bridgehead atoms. The summed E-state index contributed by atoms with van der Waals surface area (Å²) in [7, 11) is 0. The lowest BCUT2D eigenvalue weighted by Gasteiger charge is -2.52.